The summed E-state index contributed by atoms with van der Waals surface area (Å²) in [4.78, 5) is 0. The molecule has 27 heavy (non-hydrogen) atoms. The van der Waals surface area contributed by atoms with E-state index in [4.69, 9.17) is 0 Å². The molecule has 0 aromatic heterocycles. The molecule has 0 spiro atoms. The third kappa shape index (κ3) is 3.36. The molecule has 4 rings (SSSR count). The summed E-state index contributed by atoms with van der Waals surface area (Å²) in [6, 6.07) is 25.6. The van der Waals surface area contributed by atoms with E-state index in [9.17, 15) is 13.2 Å². The molecule has 3 heteroatoms. The summed E-state index contributed by atoms with van der Waals surface area (Å²) < 4.78 is 42.7. The highest BCUT2D eigenvalue weighted by Gasteiger charge is 2.16. The zero-order valence-corrected chi connectivity index (χ0v) is 14.3. The Hall–Kier alpha value is -3.33. The van der Waals surface area contributed by atoms with Crippen molar-refractivity contribution in [1.29, 1.82) is 0 Å². The van der Waals surface area contributed by atoms with Crippen LogP contribution in [0.25, 0.3) is 33.4 Å². The summed E-state index contributed by atoms with van der Waals surface area (Å²) in [7, 11) is 0. The first kappa shape index (κ1) is 17.1. The van der Waals surface area contributed by atoms with Crippen molar-refractivity contribution in [2.75, 3.05) is 0 Å². The molecule has 0 heterocycles. The van der Waals surface area contributed by atoms with Gasteiger partial charge in [0.25, 0.3) is 0 Å². The Bertz CT molecular complexity index is 1080. The van der Waals surface area contributed by atoms with Gasteiger partial charge in [0.1, 0.15) is 5.82 Å². The molecule has 132 valence electrons. The first-order chi connectivity index (χ1) is 13.1. The molecular formula is C24H15F3. The van der Waals surface area contributed by atoms with Crippen LogP contribution in [0.1, 0.15) is 0 Å². The minimum atomic E-state index is -0.981. The summed E-state index contributed by atoms with van der Waals surface area (Å²) in [6.07, 6.45) is 0. The lowest BCUT2D eigenvalue weighted by Crippen LogP contribution is -1.94. The van der Waals surface area contributed by atoms with Crippen molar-refractivity contribution >= 4 is 0 Å². The standard InChI is InChI=1S/C24H15F3/c25-20-8-4-7-19(15-20)22-14-13-21(23(26)24(22)27)18-11-9-17(10-12-18)16-5-2-1-3-6-16/h1-15H. The predicted octanol–water partition coefficient (Wildman–Crippen LogP) is 7.10. The Morgan fingerprint density at radius 2 is 0.926 bits per heavy atom. The second kappa shape index (κ2) is 7.12. The summed E-state index contributed by atoms with van der Waals surface area (Å²) in [5, 5.41) is 0. The van der Waals surface area contributed by atoms with Crippen LogP contribution in [0.4, 0.5) is 13.2 Å². The number of hydrogen-bond acceptors (Lipinski definition) is 0. The van der Waals surface area contributed by atoms with E-state index in [1.165, 1.54) is 30.3 Å². The molecule has 0 fully saturated rings. The molecule has 0 nitrogen and oxygen atoms in total. The average Bonchev–Trinajstić information content (AvgIpc) is 2.71. The van der Waals surface area contributed by atoms with Crippen LogP contribution in [-0.4, -0.2) is 0 Å². The zero-order chi connectivity index (χ0) is 18.8. The van der Waals surface area contributed by atoms with Gasteiger partial charge in [-0.15, -0.1) is 0 Å². The zero-order valence-electron chi connectivity index (χ0n) is 14.3. The predicted molar refractivity (Wildman–Crippen MR) is 103 cm³/mol. The molecular weight excluding hydrogens is 345 g/mol. The molecule has 4 aromatic rings. The van der Waals surface area contributed by atoms with Crippen LogP contribution in [0.3, 0.4) is 0 Å². The fourth-order valence-electron chi connectivity index (χ4n) is 3.12. The highest BCUT2D eigenvalue weighted by atomic mass is 19.2. The van der Waals surface area contributed by atoms with E-state index in [0.29, 0.717) is 11.1 Å². The van der Waals surface area contributed by atoms with Crippen molar-refractivity contribution in [3.8, 4) is 33.4 Å². The van der Waals surface area contributed by atoms with E-state index in [1.54, 1.807) is 18.2 Å². The number of benzene rings is 4. The quantitative estimate of drug-likeness (QED) is 0.365. The molecule has 4 aromatic carbocycles. The first-order valence-corrected chi connectivity index (χ1v) is 8.53. The minimum Gasteiger partial charge on any atom is -0.207 e. The van der Waals surface area contributed by atoms with Gasteiger partial charge in [-0.1, -0.05) is 78.9 Å². The van der Waals surface area contributed by atoms with E-state index in [0.717, 1.165) is 11.1 Å². The van der Waals surface area contributed by atoms with E-state index in [1.807, 2.05) is 42.5 Å². The molecule has 0 bridgehead atoms. The van der Waals surface area contributed by atoms with Gasteiger partial charge in [-0.25, -0.2) is 13.2 Å². The normalized spacial score (nSPS) is 10.8. The minimum absolute atomic E-state index is 0.0386. The summed E-state index contributed by atoms with van der Waals surface area (Å²) in [5.74, 6) is -2.41. The van der Waals surface area contributed by atoms with Gasteiger partial charge < -0.3 is 0 Å². The fraction of sp³-hybridized carbons (Fsp3) is 0. The van der Waals surface area contributed by atoms with Crippen molar-refractivity contribution in [2.24, 2.45) is 0 Å². The second-order valence-electron chi connectivity index (χ2n) is 6.24. The van der Waals surface area contributed by atoms with Gasteiger partial charge in [-0.05, 0) is 34.4 Å². The summed E-state index contributed by atoms with van der Waals surface area (Å²) in [5.41, 5.74) is 3.15. The molecule has 0 N–H and O–H groups in total. The Kier molecular flexibility index (Phi) is 4.51. The summed E-state index contributed by atoms with van der Waals surface area (Å²) >= 11 is 0. The molecule has 0 radical (unpaired) electrons. The molecule has 0 saturated heterocycles. The van der Waals surface area contributed by atoms with Crippen molar-refractivity contribution in [3.63, 3.8) is 0 Å². The lowest BCUT2D eigenvalue weighted by molar-refractivity contribution is 0.513. The van der Waals surface area contributed by atoms with Crippen LogP contribution < -0.4 is 0 Å². The Balaban J connectivity index is 1.71. The maximum Gasteiger partial charge on any atom is 0.167 e. The monoisotopic (exact) mass is 360 g/mol. The Morgan fingerprint density at radius 3 is 1.56 bits per heavy atom. The molecule has 0 saturated carbocycles. The van der Waals surface area contributed by atoms with Gasteiger partial charge in [0.15, 0.2) is 11.6 Å². The SMILES string of the molecule is Fc1cccc(-c2ccc(-c3ccc(-c4ccccc4)cc3)c(F)c2F)c1. The third-order valence-electron chi connectivity index (χ3n) is 4.52. The van der Waals surface area contributed by atoms with Crippen LogP contribution in [0.15, 0.2) is 91.0 Å². The highest BCUT2D eigenvalue weighted by molar-refractivity contribution is 5.74. The van der Waals surface area contributed by atoms with Gasteiger partial charge in [-0.2, -0.15) is 0 Å². The van der Waals surface area contributed by atoms with Crippen molar-refractivity contribution in [3.05, 3.63) is 108 Å². The van der Waals surface area contributed by atoms with Crippen LogP contribution in [0.2, 0.25) is 0 Å². The van der Waals surface area contributed by atoms with E-state index < -0.39 is 17.5 Å². The van der Waals surface area contributed by atoms with Gasteiger partial charge in [0, 0.05) is 11.1 Å². The van der Waals surface area contributed by atoms with Crippen molar-refractivity contribution < 1.29 is 13.2 Å². The summed E-state index contributed by atoms with van der Waals surface area (Å²) in [6.45, 7) is 0. The largest absolute Gasteiger partial charge is 0.207 e. The fourth-order valence-corrected chi connectivity index (χ4v) is 3.12. The second-order valence-corrected chi connectivity index (χ2v) is 6.24. The Morgan fingerprint density at radius 1 is 0.407 bits per heavy atom. The van der Waals surface area contributed by atoms with Crippen LogP contribution in [-0.2, 0) is 0 Å². The van der Waals surface area contributed by atoms with Crippen LogP contribution >= 0.6 is 0 Å². The van der Waals surface area contributed by atoms with Crippen molar-refractivity contribution in [2.45, 2.75) is 0 Å². The third-order valence-corrected chi connectivity index (χ3v) is 4.52. The number of halogens is 3. The number of rotatable bonds is 3. The first-order valence-electron chi connectivity index (χ1n) is 8.53. The van der Waals surface area contributed by atoms with Gasteiger partial charge in [0.05, 0.1) is 0 Å². The van der Waals surface area contributed by atoms with E-state index >= 15 is 0 Å². The molecule has 0 atom stereocenters. The molecule has 0 aliphatic carbocycles. The maximum atomic E-state index is 14.7. The average molecular weight is 360 g/mol. The maximum absolute atomic E-state index is 14.7. The topological polar surface area (TPSA) is 0 Å². The van der Waals surface area contributed by atoms with E-state index in [-0.39, 0.29) is 11.1 Å². The van der Waals surface area contributed by atoms with Crippen molar-refractivity contribution in [1.82, 2.24) is 0 Å². The van der Waals surface area contributed by atoms with Crippen LogP contribution in [0.5, 0.6) is 0 Å². The molecule has 0 aliphatic rings. The van der Waals surface area contributed by atoms with Gasteiger partial charge >= 0.3 is 0 Å². The lowest BCUT2D eigenvalue weighted by atomic mass is 9.97. The molecule has 0 unspecified atom stereocenters. The van der Waals surface area contributed by atoms with E-state index in [2.05, 4.69) is 0 Å². The highest BCUT2D eigenvalue weighted by Crippen LogP contribution is 2.32. The van der Waals surface area contributed by atoms with Crippen LogP contribution in [0, 0.1) is 17.5 Å². The Labute approximate surface area is 155 Å². The van der Waals surface area contributed by atoms with Gasteiger partial charge in [0.2, 0.25) is 0 Å². The molecule has 0 amide bonds. The molecule has 0 aliphatic heterocycles. The lowest BCUT2D eigenvalue weighted by Gasteiger charge is -2.10. The number of hydrogen-bond donors (Lipinski definition) is 0. The smallest absolute Gasteiger partial charge is 0.167 e. The van der Waals surface area contributed by atoms with Gasteiger partial charge in [-0.3, -0.25) is 0 Å².